The molecule has 0 saturated carbocycles. The number of hydrogen-bond donors (Lipinski definition) is 2. The highest BCUT2D eigenvalue weighted by Crippen LogP contribution is 2.29. The fraction of sp³-hybridized carbons (Fsp3) is 0.0952. The molecule has 0 radical (unpaired) electrons. The number of sulfonamides is 1. The maximum Gasteiger partial charge on any atom is 0.295 e. The summed E-state index contributed by atoms with van der Waals surface area (Å²) in [5.74, 6) is 0.540. The summed E-state index contributed by atoms with van der Waals surface area (Å²) in [4.78, 5) is 20.8. The molecule has 0 aliphatic rings. The summed E-state index contributed by atoms with van der Waals surface area (Å²) >= 11 is 0. The lowest BCUT2D eigenvalue weighted by Crippen LogP contribution is -2.13. The maximum atomic E-state index is 12.7. The van der Waals surface area contributed by atoms with Crippen molar-refractivity contribution >= 4 is 38.5 Å². The van der Waals surface area contributed by atoms with Crippen LogP contribution in [0.15, 0.2) is 76.7 Å². The summed E-state index contributed by atoms with van der Waals surface area (Å²) in [6.45, 7) is 1.61. The van der Waals surface area contributed by atoms with Gasteiger partial charge in [-0.05, 0) is 61.0 Å². The molecule has 0 amide bonds. The number of nitro benzene ring substituents is 2. The van der Waals surface area contributed by atoms with Gasteiger partial charge < -0.3 is 4.74 Å². The van der Waals surface area contributed by atoms with Crippen molar-refractivity contribution in [1.29, 1.82) is 0 Å². The number of methoxy groups -OCH3 is 1. The third-order valence-electron chi connectivity index (χ3n) is 4.66. The number of hydrazone groups is 1. The van der Waals surface area contributed by atoms with Crippen LogP contribution >= 0.6 is 0 Å². The summed E-state index contributed by atoms with van der Waals surface area (Å²) in [5.41, 5.74) is 3.16. The molecule has 0 aliphatic heterocycles. The largest absolute Gasteiger partial charge is 0.497 e. The first-order valence-electron chi connectivity index (χ1n) is 9.61. The van der Waals surface area contributed by atoms with Gasteiger partial charge >= 0.3 is 0 Å². The van der Waals surface area contributed by atoms with Gasteiger partial charge in [0.15, 0.2) is 0 Å². The lowest BCUT2D eigenvalue weighted by Gasteiger charge is -2.10. The van der Waals surface area contributed by atoms with E-state index in [1.807, 2.05) is 0 Å². The SMILES string of the molecule is COc1ccc(NS(=O)(=O)c2ccc(NN=C(C)c3ccc([N+](=O)[O-])cc3)c([N+](=O)[O-])c2)cc1. The zero-order chi connectivity index (χ0) is 24.9. The average molecular weight is 485 g/mol. The molecule has 176 valence electrons. The van der Waals surface area contributed by atoms with E-state index >= 15 is 0 Å². The van der Waals surface area contributed by atoms with Crippen molar-refractivity contribution in [2.75, 3.05) is 17.3 Å². The minimum absolute atomic E-state index is 0.0327. The van der Waals surface area contributed by atoms with E-state index in [9.17, 15) is 28.6 Å². The van der Waals surface area contributed by atoms with Gasteiger partial charge in [-0.25, -0.2) is 8.42 Å². The number of nitro groups is 2. The van der Waals surface area contributed by atoms with E-state index in [1.54, 1.807) is 19.1 Å². The lowest BCUT2D eigenvalue weighted by atomic mass is 10.1. The highest BCUT2D eigenvalue weighted by Gasteiger charge is 2.22. The highest BCUT2D eigenvalue weighted by atomic mass is 32.2. The normalized spacial score (nSPS) is 11.5. The zero-order valence-corrected chi connectivity index (χ0v) is 18.8. The van der Waals surface area contributed by atoms with Gasteiger partial charge in [0.25, 0.3) is 21.4 Å². The first-order valence-corrected chi connectivity index (χ1v) is 11.1. The van der Waals surface area contributed by atoms with Crippen molar-refractivity contribution in [3.05, 3.63) is 92.5 Å². The van der Waals surface area contributed by atoms with Crippen LogP contribution in [-0.2, 0) is 10.0 Å². The second-order valence-corrected chi connectivity index (χ2v) is 8.57. The number of ether oxygens (including phenoxy) is 1. The Kier molecular flexibility index (Phi) is 7.06. The van der Waals surface area contributed by atoms with E-state index in [0.29, 0.717) is 17.0 Å². The minimum atomic E-state index is -4.10. The Labute approximate surface area is 194 Å². The molecule has 0 heterocycles. The molecule has 12 nitrogen and oxygen atoms in total. The predicted octanol–water partition coefficient (Wildman–Crippen LogP) is 4.15. The summed E-state index contributed by atoms with van der Waals surface area (Å²) in [7, 11) is -2.63. The molecule has 0 spiro atoms. The second-order valence-electron chi connectivity index (χ2n) is 6.88. The van der Waals surface area contributed by atoms with E-state index < -0.39 is 25.6 Å². The Hall–Kier alpha value is -4.52. The Morgan fingerprint density at radius 3 is 2.15 bits per heavy atom. The van der Waals surface area contributed by atoms with E-state index in [0.717, 1.165) is 6.07 Å². The Morgan fingerprint density at radius 2 is 1.59 bits per heavy atom. The van der Waals surface area contributed by atoms with E-state index in [2.05, 4.69) is 15.2 Å². The fourth-order valence-electron chi connectivity index (χ4n) is 2.83. The summed E-state index contributed by atoms with van der Waals surface area (Å²) in [6, 6.07) is 15.1. The molecule has 0 unspecified atom stereocenters. The van der Waals surface area contributed by atoms with Crippen LogP contribution in [0.3, 0.4) is 0 Å². The van der Waals surface area contributed by atoms with Crippen LogP contribution in [0.25, 0.3) is 0 Å². The standard InChI is InChI=1S/C21H19N5O7S/c1-14(15-3-7-17(8-4-15)25(27)28)22-23-20-12-11-19(13-21(20)26(29)30)34(31,32)24-16-5-9-18(33-2)10-6-16/h3-13,23-24H,1-2H3. The van der Waals surface area contributed by atoms with Crippen molar-refractivity contribution in [3.8, 4) is 5.75 Å². The van der Waals surface area contributed by atoms with Crippen molar-refractivity contribution in [3.63, 3.8) is 0 Å². The van der Waals surface area contributed by atoms with Gasteiger partial charge in [0.2, 0.25) is 0 Å². The quantitative estimate of drug-likeness (QED) is 0.259. The number of non-ortho nitro benzene ring substituents is 1. The topological polar surface area (TPSA) is 166 Å². The molecule has 13 heteroatoms. The first-order chi connectivity index (χ1) is 16.1. The molecular formula is C21H19N5O7S. The number of rotatable bonds is 9. The summed E-state index contributed by atoms with van der Waals surface area (Å²) in [5, 5.41) is 26.4. The van der Waals surface area contributed by atoms with Crippen LogP contribution in [0.4, 0.5) is 22.7 Å². The van der Waals surface area contributed by atoms with Gasteiger partial charge in [0, 0.05) is 23.9 Å². The van der Waals surface area contributed by atoms with Crippen molar-refractivity contribution in [2.45, 2.75) is 11.8 Å². The van der Waals surface area contributed by atoms with Crippen LogP contribution in [0, 0.1) is 20.2 Å². The van der Waals surface area contributed by atoms with Gasteiger partial charge in [-0.3, -0.25) is 30.4 Å². The predicted molar refractivity (Wildman–Crippen MR) is 126 cm³/mol. The van der Waals surface area contributed by atoms with Gasteiger partial charge in [0.1, 0.15) is 11.4 Å². The van der Waals surface area contributed by atoms with Gasteiger partial charge in [-0.2, -0.15) is 5.10 Å². The molecule has 3 aromatic carbocycles. The molecule has 0 fully saturated rings. The van der Waals surface area contributed by atoms with Crippen molar-refractivity contribution in [1.82, 2.24) is 0 Å². The number of nitrogens with one attached hydrogen (secondary N) is 2. The molecule has 0 bridgehead atoms. The Balaban J connectivity index is 1.83. The van der Waals surface area contributed by atoms with E-state index in [1.165, 1.54) is 55.6 Å². The Bertz CT molecular complexity index is 1360. The molecule has 0 aromatic heterocycles. The fourth-order valence-corrected chi connectivity index (χ4v) is 3.91. The average Bonchev–Trinajstić information content (AvgIpc) is 2.82. The zero-order valence-electron chi connectivity index (χ0n) is 18.0. The third kappa shape index (κ3) is 5.63. The van der Waals surface area contributed by atoms with Gasteiger partial charge in [0.05, 0.1) is 27.6 Å². The minimum Gasteiger partial charge on any atom is -0.497 e. The molecule has 0 aliphatic carbocycles. The van der Waals surface area contributed by atoms with Gasteiger partial charge in [-0.15, -0.1) is 0 Å². The molecule has 2 N–H and O–H groups in total. The molecular weight excluding hydrogens is 466 g/mol. The smallest absolute Gasteiger partial charge is 0.295 e. The Morgan fingerprint density at radius 1 is 0.941 bits per heavy atom. The summed E-state index contributed by atoms with van der Waals surface area (Å²) < 4.78 is 32.8. The van der Waals surface area contributed by atoms with Crippen LogP contribution < -0.4 is 14.9 Å². The molecule has 34 heavy (non-hydrogen) atoms. The molecule has 3 rings (SSSR count). The van der Waals surface area contributed by atoms with Gasteiger partial charge in [-0.1, -0.05) is 0 Å². The number of anilines is 2. The van der Waals surface area contributed by atoms with E-state index in [4.69, 9.17) is 4.74 Å². The summed E-state index contributed by atoms with van der Waals surface area (Å²) in [6.07, 6.45) is 0. The third-order valence-corrected chi connectivity index (χ3v) is 6.04. The van der Waals surface area contributed by atoms with Crippen molar-refractivity contribution in [2.24, 2.45) is 5.10 Å². The number of hydrogen-bond acceptors (Lipinski definition) is 9. The maximum absolute atomic E-state index is 12.7. The van der Waals surface area contributed by atoms with Crippen LogP contribution in [-0.4, -0.2) is 31.1 Å². The van der Waals surface area contributed by atoms with Crippen LogP contribution in [0.5, 0.6) is 5.75 Å². The molecule has 0 atom stereocenters. The van der Waals surface area contributed by atoms with Crippen molar-refractivity contribution < 1.29 is 23.0 Å². The second kappa shape index (κ2) is 9.95. The molecule has 0 saturated heterocycles. The van der Waals surface area contributed by atoms with Crippen LogP contribution in [0.2, 0.25) is 0 Å². The number of nitrogens with zero attached hydrogens (tertiary/aromatic N) is 3. The van der Waals surface area contributed by atoms with E-state index in [-0.39, 0.29) is 22.0 Å². The lowest BCUT2D eigenvalue weighted by molar-refractivity contribution is -0.384. The number of benzene rings is 3. The first kappa shape index (κ1) is 24.1. The van der Waals surface area contributed by atoms with Crippen LogP contribution in [0.1, 0.15) is 12.5 Å². The monoisotopic (exact) mass is 485 g/mol. The highest BCUT2D eigenvalue weighted by molar-refractivity contribution is 7.92. The molecule has 3 aromatic rings.